The van der Waals surface area contributed by atoms with E-state index in [0.29, 0.717) is 6.54 Å². The Hall–Kier alpha value is -1.69. The first-order valence-electron chi connectivity index (χ1n) is 6.80. The lowest BCUT2D eigenvalue weighted by molar-refractivity contribution is 0.0363. The fourth-order valence-corrected chi connectivity index (χ4v) is 1.88. The number of carbonyl (C=O) groups is 1. The van der Waals surface area contributed by atoms with Gasteiger partial charge in [-0.25, -0.2) is 4.68 Å². The summed E-state index contributed by atoms with van der Waals surface area (Å²) in [7, 11) is 1.60. The Morgan fingerprint density at radius 2 is 2.10 bits per heavy atom. The molecule has 0 aliphatic carbocycles. The SMILES string of the molecule is CCCCn1nc(C(=O)N(C)CC(C)(C)O)ccc1=O. The van der Waals surface area contributed by atoms with Gasteiger partial charge in [0.2, 0.25) is 0 Å². The predicted molar refractivity (Wildman–Crippen MR) is 76.7 cm³/mol. The maximum atomic E-state index is 12.2. The first kappa shape index (κ1) is 16.4. The molecule has 0 aliphatic heterocycles. The van der Waals surface area contributed by atoms with E-state index >= 15 is 0 Å². The van der Waals surface area contributed by atoms with Crippen molar-refractivity contribution < 1.29 is 9.90 Å². The Morgan fingerprint density at radius 1 is 1.45 bits per heavy atom. The lowest BCUT2D eigenvalue weighted by Crippen LogP contribution is -2.40. The molecule has 0 saturated heterocycles. The van der Waals surface area contributed by atoms with Gasteiger partial charge in [-0.3, -0.25) is 9.59 Å². The molecule has 0 aromatic carbocycles. The minimum atomic E-state index is -0.971. The largest absolute Gasteiger partial charge is 0.389 e. The van der Waals surface area contributed by atoms with Gasteiger partial charge in [-0.1, -0.05) is 13.3 Å². The summed E-state index contributed by atoms with van der Waals surface area (Å²) in [4.78, 5) is 25.2. The quantitative estimate of drug-likeness (QED) is 0.840. The lowest BCUT2D eigenvalue weighted by atomic mass is 10.1. The summed E-state index contributed by atoms with van der Waals surface area (Å²) in [5, 5.41) is 13.8. The fourth-order valence-electron chi connectivity index (χ4n) is 1.88. The van der Waals surface area contributed by atoms with Crippen LogP contribution in [0.5, 0.6) is 0 Å². The number of aryl methyl sites for hydroxylation is 1. The zero-order valence-electron chi connectivity index (χ0n) is 12.6. The van der Waals surface area contributed by atoms with E-state index in [0.717, 1.165) is 12.8 Å². The third kappa shape index (κ3) is 4.77. The maximum absolute atomic E-state index is 12.2. The Bertz CT molecular complexity index is 517. The Labute approximate surface area is 119 Å². The number of likely N-dealkylation sites (N-methyl/N-ethyl adjacent to an activating group) is 1. The molecule has 1 rings (SSSR count). The highest BCUT2D eigenvalue weighted by Gasteiger charge is 2.21. The van der Waals surface area contributed by atoms with Crippen molar-refractivity contribution in [3.63, 3.8) is 0 Å². The van der Waals surface area contributed by atoms with Gasteiger partial charge in [-0.05, 0) is 26.3 Å². The zero-order valence-corrected chi connectivity index (χ0v) is 12.6. The first-order chi connectivity index (χ1) is 9.24. The summed E-state index contributed by atoms with van der Waals surface area (Å²) < 4.78 is 1.31. The molecule has 0 unspecified atom stereocenters. The monoisotopic (exact) mass is 281 g/mol. The fraction of sp³-hybridized carbons (Fsp3) is 0.643. The van der Waals surface area contributed by atoms with Gasteiger partial charge >= 0.3 is 0 Å². The molecule has 0 aliphatic rings. The summed E-state index contributed by atoms with van der Waals surface area (Å²) in [5.74, 6) is -0.308. The van der Waals surface area contributed by atoms with Crippen LogP contribution in [0.1, 0.15) is 44.1 Å². The van der Waals surface area contributed by atoms with Gasteiger partial charge < -0.3 is 10.0 Å². The van der Waals surface area contributed by atoms with Crippen LogP contribution in [0.15, 0.2) is 16.9 Å². The summed E-state index contributed by atoms with van der Waals surface area (Å²) in [6.45, 7) is 5.99. The predicted octanol–water partition coefficient (Wildman–Crippen LogP) is 0.886. The average Bonchev–Trinajstić information content (AvgIpc) is 2.35. The molecule has 6 heteroatoms. The normalized spacial score (nSPS) is 11.4. The Balaban J connectivity index is 2.90. The van der Waals surface area contributed by atoms with Crippen LogP contribution in [0.25, 0.3) is 0 Å². The second-order valence-corrected chi connectivity index (χ2v) is 5.61. The van der Waals surface area contributed by atoms with Crippen molar-refractivity contribution in [1.82, 2.24) is 14.7 Å². The molecular formula is C14H23N3O3. The van der Waals surface area contributed by atoms with E-state index in [1.807, 2.05) is 6.92 Å². The number of hydrogen-bond acceptors (Lipinski definition) is 4. The van der Waals surface area contributed by atoms with Crippen molar-refractivity contribution in [2.45, 2.75) is 45.8 Å². The van der Waals surface area contributed by atoms with Crippen LogP contribution in [-0.2, 0) is 6.54 Å². The molecule has 20 heavy (non-hydrogen) atoms. The van der Waals surface area contributed by atoms with E-state index in [4.69, 9.17) is 0 Å². The molecule has 1 aromatic heterocycles. The van der Waals surface area contributed by atoms with Crippen molar-refractivity contribution in [3.05, 3.63) is 28.2 Å². The number of aromatic nitrogens is 2. The number of unbranched alkanes of at least 4 members (excludes halogenated alkanes) is 1. The van der Waals surface area contributed by atoms with Crippen LogP contribution >= 0.6 is 0 Å². The van der Waals surface area contributed by atoms with Gasteiger partial charge in [-0.2, -0.15) is 5.10 Å². The molecule has 0 bridgehead atoms. The molecular weight excluding hydrogens is 258 g/mol. The summed E-state index contributed by atoms with van der Waals surface area (Å²) in [6, 6.07) is 2.78. The summed E-state index contributed by atoms with van der Waals surface area (Å²) in [6.07, 6.45) is 1.79. The van der Waals surface area contributed by atoms with Crippen LogP contribution in [0.2, 0.25) is 0 Å². The maximum Gasteiger partial charge on any atom is 0.274 e. The highest BCUT2D eigenvalue weighted by Crippen LogP contribution is 2.06. The van der Waals surface area contributed by atoms with Crippen molar-refractivity contribution in [2.24, 2.45) is 0 Å². The number of amides is 1. The van der Waals surface area contributed by atoms with E-state index in [-0.39, 0.29) is 23.7 Å². The lowest BCUT2D eigenvalue weighted by Gasteiger charge is -2.25. The van der Waals surface area contributed by atoms with Gasteiger partial charge in [0.1, 0.15) is 5.69 Å². The van der Waals surface area contributed by atoms with E-state index in [2.05, 4.69) is 5.10 Å². The van der Waals surface area contributed by atoms with Gasteiger partial charge in [0, 0.05) is 26.2 Å². The minimum Gasteiger partial charge on any atom is -0.389 e. The molecule has 112 valence electrons. The highest BCUT2D eigenvalue weighted by atomic mass is 16.3. The number of rotatable bonds is 6. The van der Waals surface area contributed by atoms with E-state index in [1.165, 1.54) is 21.7 Å². The Morgan fingerprint density at radius 3 is 2.65 bits per heavy atom. The van der Waals surface area contributed by atoms with E-state index in [1.54, 1.807) is 20.9 Å². The molecule has 6 nitrogen and oxygen atoms in total. The van der Waals surface area contributed by atoms with Crippen LogP contribution < -0.4 is 5.56 Å². The van der Waals surface area contributed by atoms with Gasteiger partial charge in [-0.15, -0.1) is 0 Å². The number of carbonyl (C=O) groups excluding carboxylic acids is 1. The molecule has 0 fully saturated rings. The smallest absolute Gasteiger partial charge is 0.274 e. The van der Waals surface area contributed by atoms with E-state index < -0.39 is 5.60 Å². The average molecular weight is 281 g/mol. The van der Waals surface area contributed by atoms with Crippen LogP contribution in [0.4, 0.5) is 0 Å². The Kier molecular flexibility index (Phi) is 5.44. The second kappa shape index (κ2) is 6.65. The zero-order chi connectivity index (χ0) is 15.3. The molecule has 0 saturated carbocycles. The third-order valence-corrected chi connectivity index (χ3v) is 2.78. The molecule has 1 aromatic rings. The standard InChI is InChI=1S/C14H23N3O3/c1-5-6-9-17-12(18)8-7-11(15-17)13(19)16(4)10-14(2,3)20/h7-8,20H,5-6,9-10H2,1-4H3. The molecule has 0 spiro atoms. The van der Waals surface area contributed by atoms with Crippen LogP contribution in [0, 0.1) is 0 Å². The van der Waals surface area contributed by atoms with Crippen molar-refractivity contribution in [2.75, 3.05) is 13.6 Å². The third-order valence-electron chi connectivity index (χ3n) is 2.78. The topological polar surface area (TPSA) is 75.4 Å². The number of aliphatic hydroxyl groups is 1. The van der Waals surface area contributed by atoms with Crippen LogP contribution in [-0.4, -0.2) is 44.9 Å². The number of hydrogen-bond donors (Lipinski definition) is 1. The minimum absolute atomic E-state index is 0.196. The van der Waals surface area contributed by atoms with E-state index in [9.17, 15) is 14.7 Å². The van der Waals surface area contributed by atoms with Gasteiger partial charge in [0.15, 0.2) is 0 Å². The molecule has 1 amide bonds. The molecule has 0 atom stereocenters. The van der Waals surface area contributed by atoms with Crippen molar-refractivity contribution >= 4 is 5.91 Å². The first-order valence-corrected chi connectivity index (χ1v) is 6.80. The van der Waals surface area contributed by atoms with Crippen molar-refractivity contribution in [3.8, 4) is 0 Å². The molecule has 0 radical (unpaired) electrons. The number of nitrogens with zero attached hydrogens (tertiary/aromatic N) is 3. The summed E-state index contributed by atoms with van der Waals surface area (Å²) in [5.41, 5.74) is -0.964. The van der Waals surface area contributed by atoms with Gasteiger partial charge in [0.25, 0.3) is 11.5 Å². The van der Waals surface area contributed by atoms with Crippen LogP contribution in [0.3, 0.4) is 0 Å². The summed E-state index contributed by atoms with van der Waals surface area (Å²) >= 11 is 0. The molecule has 1 N–H and O–H groups in total. The molecule has 1 heterocycles. The second-order valence-electron chi connectivity index (χ2n) is 5.61. The van der Waals surface area contributed by atoms with Gasteiger partial charge in [0.05, 0.1) is 5.60 Å². The van der Waals surface area contributed by atoms with Crippen molar-refractivity contribution in [1.29, 1.82) is 0 Å². The highest BCUT2D eigenvalue weighted by molar-refractivity contribution is 5.91.